The lowest BCUT2D eigenvalue weighted by molar-refractivity contribution is -0.137. The molecule has 264 valence electrons. The van der Waals surface area contributed by atoms with Crippen molar-refractivity contribution < 1.29 is 30.8 Å². The summed E-state index contributed by atoms with van der Waals surface area (Å²) in [5.41, 5.74) is 2.10. The fourth-order valence-electron chi connectivity index (χ4n) is 6.51. The number of carbonyl (C=O) groups excluding carboxylic acids is 1. The molecule has 0 spiro atoms. The zero-order valence-corrected chi connectivity index (χ0v) is 28.7. The maximum atomic E-state index is 14.5. The number of hydrogen-bond donors (Lipinski definition) is 0. The van der Waals surface area contributed by atoms with Gasteiger partial charge in [0.2, 0.25) is 16.0 Å². The van der Waals surface area contributed by atoms with Gasteiger partial charge in [0.1, 0.15) is 5.82 Å². The Balaban J connectivity index is 1.22. The zero-order valence-electron chi connectivity index (χ0n) is 27.9. The van der Waals surface area contributed by atoms with E-state index < -0.39 is 27.8 Å². The Hall–Kier alpha value is -4.36. The molecule has 0 amide bonds. The Kier molecular flexibility index (Phi) is 10.3. The Morgan fingerprint density at radius 3 is 2.18 bits per heavy atom. The number of aromatic nitrogens is 2. The van der Waals surface area contributed by atoms with Crippen molar-refractivity contribution in [1.82, 2.24) is 14.3 Å². The fourth-order valence-corrected chi connectivity index (χ4v) is 8.19. The van der Waals surface area contributed by atoms with Gasteiger partial charge in [-0.1, -0.05) is 50.2 Å². The molecule has 2 fully saturated rings. The molecular weight excluding hydrogens is 670 g/mol. The number of piperazine rings is 1. The number of alkyl halides is 3. The van der Waals surface area contributed by atoms with Gasteiger partial charge in [-0.3, -0.25) is 4.79 Å². The fraction of sp³-hybridized carbons (Fsp3) is 0.378. The molecular formula is C37H39F4N5O3S. The lowest BCUT2D eigenvalue weighted by Gasteiger charge is -2.36. The summed E-state index contributed by atoms with van der Waals surface area (Å²) in [6.45, 7) is 6.23. The second kappa shape index (κ2) is 14.5. The van der Waals surface area contributed by atoms with Crippen LogP contribution >= 0.6 is 0 Å². The van der Waals surface area contributed by atoms with Gasteiger partial charge in [0.05, 0.1) is 27.9 Å². The summed E-state index contributed by atoms with van der Waals surface area (Å²) in [5, 5.41) is 0. The Morgan fingerprint density at radius 2 is 1.54 bits per heavy atom. The molecule has 2 saturated heterocycles. The van der Waals surface area contributed by atoms with Crippen LogP contribution in [0.5, 0.6) is 0 Å². The number of anilines is 2. The first-order valence-electron chi connectivity index (χ1n) is 16.8. The third-order valence-corrected chi connectivity index (χ3v) is 11.3. The second-order valence-corrected chi connectivity index (χ2v) is 14.9. The van der Waals surface area contributed by atoms with E-state index in [-0.39, 0.29) is 41.8 Å². The number of hydrogen-bond acceptors (Lipinski definition) is 7. The molecule has 0 radical (unpaired) electrons. The van der Waals surface area contributed by atoms with Crippen molar-refractivity contribution >= 4 is 27.4 Å². The van der Waals surface area contributed by atoms with E-state index in [0.29, 0.717) is 67.6 Å². The van der Waals surface area contributed by atoms with Gasteiger partial charge < -0.3 is 9.80 Å². The SMILES string of the molecule is CC(C)c1ccc(S(=O)(=O)N2CCC[C@H]2C(=O)CCc2cc(-c3ccc(C(F)(F)F)cc3)nc(N3CCN(c4ccccc4F)CC3)n2)cc1. The molecule has 0 aliphatic carbocycles. The maximum absolute atomic E-state index is 14.5. The van der Waals surface area contributed by atoms with Crippen molar-refractivity contribution in [2.75, 3.05) is 42.5 Å². The van der Waals surface area contributed by atoms with Crippen molar-refractivity contribution in [2.24, 2.45) is 0 Å². The van der Waals surface area contributed by atoms with Crippen molar-refractivity contribution in [3.63, 3.8) is 0 Å². The van der Waals surface area contributed by atoms with Gasteiger partial charge in [0, 0.05) is 50.4 Å². The van der Waals surface area contributed by atoms with E-state index in [4.69, 9.17) is 9.97 Å². The molecule has 3 heterocycles. The van der Waals surface area contributed by atoms with Gasteiger partial charge in [-0.2, -0.15) is 17.5 Å². The van der Waals surface area contributed by atoms with Crippen LogP contribution in [0.1, 0.15) is 55.8 Å². The quantitative estimate of drug-likeness (QED) is 0.162. The summed E-state index contributed by atoms with van der Waals surface area (Å²) in [5.74, 6) is 0.0668. The maximum Gasteiger partial charge on any atom is 0.416 e. The topological polar surface area (TPSA) is 86.7 Å². The lowest BCUT2D eigenvalue weighted by atomic mass is 10.0. The number of sulfonamides is 1. The van der Waals surface area contributed by atoms with E-state index in [1.807, 2.05) is 23.6 Å². The summed E-state index contributed by atoms with van der Waals surface area (Å²) >= 11 is 0. The number of halogens is 4. The third-order valence-electron chi connectivity index (χ3n) is 9.39. The molecule has 4 aromatic rings. The highest BCUT2D eigenvalue weighted by Gasteiger charge is 2.39. The van der Waals surface area contributed by atoms with Crippen molar-refractivity contribution in [2.45, 2.75) is 62.6 Å². The summed E-state index contributed by atoms with van der Waals surface area (Å²) in [6.07, 6.45) is -3.30. The van der Waals surface area contributed by atoms with Crippen LogP contribution in [0.3, 0.4) is 0 Å². The minimum Gasteiger partial charge on any atom is -0.366 e. The van der Waals surface area contributed by atoms with Crippen LogP contribution < -0.4 is 9.80 Å². The smallest absolute Gasteiger partial charge is 0.366 e. The molecule has 0 N–H and O–H groups in total. The van der Waals surface area contributed by atoms with E-state index in [1.54, 1.807) is 48.5 Å². The largest absolute Gasteiger partial charge is 0.416 e. The van der Waals surface area contributed by atoms with Gasteiger partial charge in [-0.15, -0.1) is 0 Å². The Bertz CT molecular complexity index is 1930. The lowest BCUT2D eigenvalue weighted by Crippen LogP contribution is -2.47. The molecule has 0 unspecified atom stereocenters. The van der Waals surface area contributed by atoms with E-state index >= 15 is 0 Å². The van der Waals surface area contributed by atoms with Crippen LogP contribution in [-0.2, 0) is 27.4 Å². The minimum atomic E-state index is -4.49. The summed E-state index contributed by atoms with van der Waals surface area (Å²) < 4.78 is 82.8. The van der Waals surface area contributed by atoms with E-state index in [0.717, 1.165) is 17.7 Å². The second-order valence-electron chi connectivity index (χ2n) is 13.0. The normalized spacial score (nSPS) is 17.5. The molecule has 2 aliphatic heterocycles. The van der Waals surface area contributed by atoms with Crippen molar-refractivity contribution in [3.8, 4) is 11.3 Å². The average molecular weight is 710 g/mol. The first kappa shape index (κ1) is 35.5. The zero-order chi connectivity index (χ0) is 35.6. The number of rotatable bonds is 10. The molecule has 0 saturated carbocycles. The summed E-state index contributed by atoms with van der Waals surface area (Å²) in [4.78, 5) is 27.1. The highest BCUT2D eigenvalue weighted by Crippen LogP contribution is 2.32. The van der Waals surface area contributed by atoms with Gasteiger partial charge in [0.25, 0.3) is 0 Å². The molecule has 13 heteroatoms. The number of nitrogens with zero attached hydrogens (tertiary/aromatic N) is 5. The number of Topliss-reactive ketones (excluding diaryl/α,β-unsaturated/α-hetero) is 1. The molecule has 8 nitrogen and oxygen atoms in total. The number of aryl methyl sites for hydroxylation is 1. The molecule has 2 aliphatic rings. The summed E-state index contributed by atoms with van der Waals surface area (Å²) in [6, 6.07) is 18.9. The average Bonchev–Trinajstić information content (AvgIpc) is 3.62. The van der Waals surface area contributed by atoms with Crippen LogP contribution in [0.15, 0.2) is 83.8 Å². The van der Waals surface area contributed by atoms with Gasteiger partial charge in [-0.25, -0.2) is 22.8 Å². The minimum absolute atomic E-state index is 0.0208. The molecule has 1 aromatic heterocycles. The Morgan fingerprint density at radius 1 is 0.880 bits per heavy atom. The van der Waals surface area contributed by atoms with E-state index in [2.05, 4.69) is 0 Å². The van der Waals surface area contributed by atoms with E-state index in [9.17, 15) is 30.8 Å². The first-order chi connectivity index (χ1) is 23.8. The molecule has 0 bridgehead atoms. The molecule has 6 rings (SSSR count). The summed E-state index contributed by atoms with van der Waals surface area (Å²) in [7, 11) is -3.89. The monoisotopic (exact) mass is 709 g/mol. The standard InChI is InChI=1S/C37H39F4N5O3S/c1-25(2)26-11-16-30(17-12-26)50(48,49)46-19-5-8-34(46)35(47)18-15-29-24-32(27-9-13-28(14-10-27)37(39,40)41)43-36(42-29)45-22-20-44(21-23-45)33-7-4-3-6-31(33)38/h3-4,6-7,9-14,16-17,24-25,34H,5,8,15,18-23H2,1-2H3/t34-/m0/s1. The van der Waals surface area contributed by atoms with Crippen LogP contribution in [0.4, 0.5) is 29.2 Å². The van der Waals surface area contributed by atoms with Gasteiger partial charge in [0.15, 0.2) is 5.78 Å². The van der Waals surface area contributed by atoms with Crippen molar-refractivity contribution in [1.29, 1.82) is 0 Å². The highest BCUT2D eigenvalue weighted by molar-refractivity contribution is 7.89. The Labute approximate surface area is 289 Å². The highest BCUT2D eigenvalue weighted by atomic mass is 32.2. The predicted molar refractivity (Wildman–Crippen MR) is 184 cm³/mol. The molecule has 1 atom stereocenters. The van der Waals surface area contributed by atoms with E-state index in [1.165, 1.54) is 22.5 Å². The predicted octanol–water partition coefficient (Wildman–Crippen LogP) is 7.11. The number of carbonyl (C=O) groups is 1. The first-order valence-corrected chi connectivity index (χ1v) is 18.2. The number of benzene rings is 3. The van der Waals surface area contributed by atoms with Crippen molar-refractivity contribution in [3.05, 3.63) is 102 Å². The molecule has 50 heavy (non-hydrogen) atoms. The third kappa shape index (κ3) is 7.68. The van der Waals surface area contributed by atoms with Crippen LogP contribution in [0.2, 0.25) is 0 Å². The number of para-hydroxylation sites is 1. The van der Waals surface area contributed by atoms with Gasteiger partial charge in [-0.05, 0) is 73.2 Å². The molecule has 3 aromatic carbocycles. The number of ketones is 1. The van der Waals surface area contributed by atoms with Crippen LogP contribution in [0, 0.1) is 5.82 Å². The van der Waals surface area contributed by atoms with Gasteiger partial charge >= 0.3 is 6.18 Å². The van der Waals surface area contributed by atoms with Crippen LogP contribution in [-0.4, -0.2) is 67.2 Å². The van der Waals surface area contributed by atoms with Crippen LogP contribution in [0.25, 0.3) is 11.3 Å².